The van der Waals surface area contributed by atoms with E-state index in [1.165, 1.54) is 0 Å². The molecule has 122 valence electrons. The summed E-state index contributed by atoms with van der Waals surface area (Å²) in [4.78, 5) is 11.6. The lowest BCUT2D eigenvalue weighted by molar-refractivity contribution is -0.475. The standard InChI is InChI=1S/C17H20Cl2N4/c1-11-16(12-3-4-13(18)14(19)9-12)21-10-15(22-11)23-7-5-17(2,20)6-8-23/h3-4,9-10H,5-8,20H2,1-2H3/p+1. The van der Waals surface area contributed by atoms with Gasteiger partial charge in [0.2, 0.25) is 0 Å². The molecule has 6 heteroatoms. The first kappa shape index (κ1) is 16.5. The van der Waals surface area contributed by atoms with Crippen LogP contribution in [0.3, 0.4) is 0 Å². The van der Waals surface area contributed by atoms with Gasteiger partial charge in [-0.2, -0.15) is 0 Å². The van der Waals surface area contributed by atoms with E-state index in [-0.39, 0.29) is 5.54 Å². The molecule has 1 aromatic carbocycles. The fourth-order valence-electron chi connectivity index (χ4n) is 2.82. The number of nitrogens with zero attached hydrogens (tertiary/aromatic N) is 3. The van der Waals surface area contributed by atoms with Crippen molar-refractivity contribution in [3.8, 4) is 11.3 Å². The van der Waals surface area contributed by atoms with Crippen molar-refractivity contribution in [3.05, 3.63) is 40.1 Å². The van der Waals surface area contributed by atoms with Crippen LogP contribution in [0.15, 0.2) is 24.4 Å². The average molecular weight is 352 g/mol. The molecule has 0 amide bonds. The summed E-state index contributed by atoms with van der Waals surface area (Å²) in [6.07, 6.45) is 3.99. The predicted molar refractivity (Wildman–Crippen MR) is 95.0 cm³/mol. The van der Waals surface area contributed by atoms with Crippen LogP contribution in [0.1, 0.15) is 25.5 Å². The van der Waals surface area contributed by atoms with Gasteiger partial charge in [0.1, 0.15) is 5.82 Å². The highest BCUT2D eigenvalue weighted by atomic mass is 35.5. The zero-order chi connectivity index (χ0) is 16.6. The smallest absolute Gasteiger partial charge is 0.147 e. The lowest BCUT2D eigenvalue weighted by Crippen LogP contribution is -2.73. The van der Waals surface area contributed by atoms with Gasteiger partial charge in [-0.05, 0) is 26.0 Å². The van der Waals surface area contributed by atoms with Crippen LogP contribution in [-0.4, -0.2) is 28.6 Å². The topological polar surface area (TPSA) is 56.7 Å². The van der Waals surface area contributed by atoms with Crippen molar-refractivity contribution in [3.63, 3.8) is 0 Å². The number of aromatic nitrogens is 2. The molecule has 0 unspecified atom stereocenters. The van der Waals surface area contributed by atoms with E-state index in [2.05, 4.69) is 22.5 Å². The highest BCUT2D eigenvalue weighted by molar-refractivity contribution is 6.42. The Labute approximate surface area is 146 Å². The van der Waals surface area contributed by atoms with Crippen LogP contribution in [0, 0.1) is 6.92 Å². The minimum absolute atomic E-state index is 0.180. The van der Waals surface area contributed by atoms with Crippen LogP contribution < -0.4 is 10.6 Å². The van der Waals surface area contributed by atoms with Crippen molar-refractivity contribution in [2.45, 2.75) is 32.2 Å². The second-order valence-corrected chi connectivity index (χ2v) is 7.40. The Morgan fingerprint density at radius 3 is 2.48 bits per heavy atom. The Bertz CT molecular complexity index is 721. The van der Waals surface area contributed by atoms with Crippen molar-refractivity contribution >= 4 is 29.0 Å². The molecule has 0 spiro atoms. The van der Waals surface area contributed by atoms with E-state index in [9.17, 15) is 0 Å². The molecule has 3 rings (SSSR count). The molecule has 4 nitrogen and oxygen atoms in total. The summed E-state index contributed by atoms with van der Waals surface area (Å²) in [5.74, 6) is 0.932. The van der Waals surface area contributed by atoms with Crippen LogP contribution in [0.5, 0.6) is 0 Å². The number of benzene rings is 1. The Morgan fingerprint density at radius 2 is 1.87 bits per heavy atom. The van der Waals surface area contributed by atoms with Gasteiger partial charge in [-0.15, -0.1) is 0 Å². The van der Waals surface area contributed by atoms with Gasteiger partial charge in [0.25, 0.3) is 0 Å². The molecule has 0 saturated carbocycles. The van der Waals surface area contributed by atoms with E-state index < -0.39 is 0 Å². The molecule has 3 N–H and O–H groups in total. The Balaban J connectivity index is 1.85. The zero-order valence-corrected chi connectivity index (χ0v) is 15.0. The molecular formula is C17H21Cl2N4+. The third kappa shape index (κ3) is 3.60. The molecular weight excluding hydrogens is 331 g/mol. The number of piperidine rings is 1. The van der Waals surface area contributed by atoms with Crippen LogP contribution in [-0.2, 0) is 0 Å². The molecule has 1 saturated heterocycles. The predicted octanol–water partition coefficient (Wildman–Crippen LogP) is 3.36. The van der Waals surface area contributed by atoms with E-state index in [0.717, 1.165) is 48.7 Å². The lowest BCUT2D eigenvalue weighted by atomic mass is 9.91. The fourth-order valence-corrected chi connectivity index (χ4v) is 3.12. The molecule has 1 aliphatic heterocycles. The summed E-state index contributed by atoms with van der Waals surface area (Å²) in [5.41, 5.74) is 7.10. The molecule has 2 heterocycles. The minimum atomic E-state index is 0.180. The third-order valence-corrected chi connectivity index (χ3v) is 5.16. The van der Waals surface area contributed by atoms with Crippen molar-refractivity contribution in [1.82, 2.24) is 9.97 Å². The maximum Gasteiger partial charge on any atom is 0.147 e. The van der Waals surface area contributed by atoms with Crippen molar-refractivity contribution < 1.29 is 5.73 Å². The second-order valence-electron chi connectivity index (χ2n) is 6.59. The number of halogens is 2. The van der Waals surface area contributed by atoms with E-state index in [1.54, 1.807) is 6.07 Å². The second kappa shape index (κ2) is 6.27. The van der Waals surface area contributed by atoms with Crippen LogP contribution in [0.2, 0.25) is 10.0 Å². The maximum absolute atomic E-state index is 6.10. The first-order valence-corrected chi connectivity index (χ1v) is 8.51. The van der Waals surface area contributed by atoms with Crippen molar-refractivity contribution in [2.24, 2.45) is 0 Å². The summed E-state index contributed by atoms with van der Waals surface area (Å²) in [6, 6.07) is 5.53. The SMILES string of the molecule is Cc1nc(N2CCC(C)([NH3+])CC2)cnc1-c1ccc(Cl)c(Cl)c1. The van der Waals surface area contributed by atoms with Gasteiger partial charge in [0, 0.05) is 31.5 Å². The van der Waals surface area contributed by atoms with Gasteiger partial charge in [0.05, 0.1) is 33.2 Å². The van der Waals surface area contributed by atoms with Crippen LogP contribution in [0.4, 0.5) is 5.82 Å². The first-order valence-electron chi connectivity index (χ1n) is 7.75. The monoisotopic (exact) mass is 351 g/mol. The summed E-state index contributed by atoms with van der Waals surface area (Å²) >= 11 is 12.1. The van der Waals surface area contributed by atoms with E-state index in [4.69, 9.17) is 28.2 Å². The van der Waals surface area contributed by atoms with Gasteiger partial charge >= 0.3 is 0 Å². The number of anilines is 1. The highest BCUT2D eigenvalue weighted by Gasteiger charge is 2.30. The molecule has 1 aliphatic rings. The molecule has 0 radical (unpaired) electrons. The fraction of sp³-hybridized carbons (Fsp3) is 0.412. The van der Waals surface area contributed by atoms with Gasteiger partial charge < -0.3 is 10.6 Å². The highest BCUT2D eigenvalue weighted by Crippen LogP contribution is 2.30. The molecule has 0 aliphatic carbocycles. The molecule has 0 bridgehead atoms. The normalized spacial score (nSPS) is 17.3. The largest absolute Gasteiger partial charge is 0.355 e. The number of aryl methyl sites for hydroxylation is 1. The van der Waals surface area contributed by atoms with Crippen LogP contribution >= 0.6 is 23.2 Å². The molecule has 2 aromatic rings. The number of hydrogen-bond acceptors (Lipinski definition) is 3. The summed E-state index contributed by atoms with van der Waals surface area (Å²) in [5, 5.41) is 1.07. The Kier molecular flexibility index (Phi) is 4.50. The third-order valence-electron chi connectivity index (χ3n) is 4.42. The maximum atomic E-state index is 6.10. The van der Waals surface area contributed by atoms with E-state index in [0.29, 0.717) is 10.0 Å². The minimum Gasteiger partial charge on any atom is -0.355 e. The van der Waals surface area contributed by atoms with Gasteiger partial charge in [-0.25, -0.2) is 4.98 Å². The van der Waals surface area contributed by atoms with Crippen LogP contribution in [0.25, 0.3) is 11.3 Å². The van der Waals surface area contributed by atoms with E-state index in [1.807, 2.05) is 25.3 Å². The quantitative estimate of drug-likeness (QED) is 0.902. The Morgan fingerprint density at radius 1 is 1.17 bits per heavy atom. The number of quaternary nitrogens is 1. The first-order chi connectivity index (χ1) is 10.9. The lowest BCUT2D eigenvalue weighted by Gasteiger charge is -2.35. The molecule has 0 atom stereocenters. The summed E-state index contributed by atoms with van der Waals surface area (Å²) < 4.78 is 0. The van der Waals surface area contributed by atoms with Gasteiger partial charge in [-0.3, -0.25) is 4.98 Å². The van der Waals surface area contributed by atoms with Crippen molar-refractivity contribution in [2.75, 3.05) is 18.0 Å². The zero-order valence-electron chi connectivity index (χ0n) is 13.4. The Hall–Kier alpha value is -1.36. The molecule has 1 aromatic heterocycles. The molecule has 1 fully saturated rings. The van der Waals surface area contributed by atoms with Gasteiger partial charge in [-0.1, -0.05) is 29.3 Å². The average Bonchev–Trinajstić information content (AvgIpc) is 2.50. The van der Waals surface area contributed by atoms with Gasteiger partial charge in [0.15, 0.2) is 0 Å². The number of hydrogen-bond donors (Lipinski definition) is 1. The summed E-state index contributed by atoms with van der Waals surface area (Å²) in [6.45, 7) is 6.14. The number of rotatable bonds is 2. The summed E-state index contributed by atoms with van der Waals surface area (Å²) in [7, 11) is 0. The molecule has 23 heavy (non-hydrogen) atoms. The van der Waals surface area contributed by atoms with Crippen molar-refractivity contribution in [1.29, 1.82) is 0 Å². The van der Waals surface area contributed by atoms with E-state index >= 15 is 0 Å².